The van der Waals surface area contributed by atoms with E-state index in [1.54, 1.807) is 11.3 Å². The molecule has 0 unspecified atom stereocenters. The predicted octanol–water partition coefficient (Wildman–Crippen LogP) is 4.27. The molecule has 2 heterocycles. The summed E-state index contributed by atoms with van der Waals surface area (Å²) < 4.78 is 4.90. The number of carbonyl (C=O) groups excluding carboxylic acids is 1. The summed E-state index contributed by atoms with van der Waals surface area (Å²) in [5.41, 5.74) is 1.81. The predicted molar refractivity (Wildman–Crippen MR) is 120 cm³/mol. The molecular formula is C20H24ClN3O2S2. The number of carbonyl (C=O) groups is 1. The van der Waals surface area contributed by atoms with Crippen LogP contribution < -0.4 is 5.32 Å². The average Bonchev–Trinajstić information content (AvgIpc) is 3.12. The van der Waals surface area contributed by atoms with Gasteiger partial charge in [-0.1, -0.05) is 30.7 Å². The van der Waals surface area contributed by atoms with Crippen LogP contribution in [0.4, 0.5) is 5.00 Å². The van der Waals surface area contributed by atoms with Crippen LogP contribution in [0.2, 0.25) is 5.02 Å². The molecule has 0 amide bonds. The van der Waals surface area contributed by atoms with Crippen LogP contribution >= 0.6 is 35.2 Å². The zero-order valence-corrected chi connectivity index (χ0v) is 18.4. The van der Waals surface area contributed by atoms with Crippen molar-refractivity contribution in [2.24, 2.45) is 0 Å². The first-order chi connectivity index (χ1) is 13.5. The summed E-state index contributed by atoms with van der Waals surface area (Å²) in [6, 6.07) is 9.87. The minimum absolute atomic E-state index is 0.339. The Morgan fingerprint density at radius 1 is 1.25 bits per heavy atom. The van der Waals surface area contributed by atoms with E-state index in [0.717, 1.165) is 54.0 Å². The quantitative estimate of drug-likeness (QED) is 0.556. The Morgan fingerprint density at radius 2 is 1.93 bits per heavy atom. The molecule has 1 aromatic heterocycles. The van der Waals surface area contributed by atoms with Gasteiger partial charge in [0, 0.05) is 42.6 Å². The van der Waals surface area contributed by atoms with Crippen LogP contribution in [0.5, 0.6) is 0 Å². The Morgan fingerprint density at radius 3 is 2.54 bits per heavy atom. The molecule has 1 aromatic carbocycles. The summed E-state index contributed by atoms with van der Waals surface area (Å²) in [6.07, 6.45) is 0.868. The molecule has 0 saturated carbocycles. The van der Waals surface area contributed by atoms with Crippen molar-refractivity contribution >= 4 is 51.2 Å². The Balaban J connectivity index is 1.56. The number of hydrogen-bond donors (Lipinski definition) is 1. The first kappa shape index (κ1) is 21.0. The molecule has 0 bridgehead atoms. The average molecular weight is 438 g/mol. The van der Waals surface area contributed by atoms with Crippen LogP contribution in [0.3, 0.4) is 0 Å². The number of anilines is 1. The maximum absolute atomic E-state index is 12.0. The van der Waals surface area contributed by atoms with Gasteiger partial charge in [0.2, 0.25) is 0 Å². The largest absolute Gasteiger partial charge is 0.465 e. The van der Waals surface area contributed by atoms with Gasteiger partial charge in [0.05, 0.1) is 12.7 Å². The van der Waals surface area contributed by atoms with Gasteiger partial charge in [-0.3, -0.25) is 4.90 Å². The molecule has 2 aromatic rings. The first-order valence-corrected chi connectivity index (χ1v) is 10.8. The topological polar surface area (TPSA) is 44.8 Å². The number of hydrogen-bond acceptors (Lipinski definition) is 5. The number of benzene rings is 1. The van der Waals surface area contributed by atoms with E-state index in [1.165, 1.54) is 12.7 Å². The van der Waals surface area contributed by atoms with Crippen molar-refractivity contribution in [1.29, 1.82) is 0 Å². The molecule has 1 fully saturated rings. The van der Waals surface area contributed by atoms with E-state index in [0.29, 0.717) is 10.7 Å². The van der Waals surface area contributed by atoms with Crippen molar-refractivity contribution < 1.29 is 9.53 Å². The van der Waals surface area contributed by atoms with Gasteiger partial charge in [-0.2, -0.15) is 0 Å². The molecule has 1 saturated heterocycles. The summed E-state index contributed by atoms with van der Waals surface area (Å²) in [6.45, 7) is 6.52. The molecule has 1 aliphatic heterocycles. The highest BCUT2D eigenvalue weighted by Gasteiger charge is 2.22. The third-order valence-electron chi connectivity index (χ3n) is 4.74. The van der Waals surface area contributed by atoms with Crippen molar-refractivity contribution in [2.75, 3.05) is 38.6 Å². The number of thiocarbonyl (C=S) groups is 1. The summed E-state index contributed by atoms with van der Waals surface area (Å²) in [4.78, 5) is 17.7. The second kappa shape index (κ2) is 9.69. The number of rotatable bonds is 5. The highest BCUT2D eigenvalue weighted by Crippen LogP contribution is 2.29. The zero-order chi connectivity index (χ0) is 20.1. The van der Waals surface area contributed by atoms with Crippen LogP contribution in [0.1, 0.15) is 27.7 Å². The lowest BCUT2D eigenvalue weighted by atomic mass is 10.2. The maximum Gasteiger partial charge on any atom is 0.340 e. The molecule has 5 nitrogen and oxygen atoms in total. The van der Waals surface area contributed by atoms with Gasteiger partial charge in [0.15, 0.2) is 5.11 Å². The first-order valence-electron chi connectivity index (χ1n) is 9.24. The molecule has 3 rings (SSSR count). The highest BCUT2D eigenvalue weighted by molar-refractivity contribution is 7.80. The van der Waals surface area contributed by atoms with Crippen LogP contribution in [0.25, 0.3) is 0 Å². The number of esters is 1. The van der Waals surface area contributed by atoms with E-state index >= 15 is 0 Å². The van der Waals surface area contributed by atoms with Crippen LogP contribution in [0, 0.1) is 0 Å². The molecule has 0 radical (unpaired) electrons. The molecule has 28 heavy (non-hydrogen) atoms. The van der Waals surface area contributed by atoms with Crippen molar-refractivity contribution in [3.05, 3.63) is 51.4 Å². The lowest BCUT2D eigenvalue weighted by molar-refractivity contribution is 0.0602. The van der Waals surface area contributed by atoms with Crippen LogP contribution in [-0.2, 0) is 17.7 Å². The van der Waals surface area contributed by atoms with E-state index < -0.39 is 0 Å². The van der Waals surface area contributed by atoms with Gasteiger partial charge in [-0.25, -0.2) is 4.79 Å². The van der Waals surface area contributed by atoms with E-state index in [-0.39, 0.29) is 5.97 Å². The number of nitrogens with one attached hydrogen (secondary N) is 1. The smallest absolute Gasteiger partial charge is 0.340 e. The number of ether oxygens (including phenoxy) is 1. The van der Waals surface area contributed by atoms with E-state index in [9.17, 15) is 4.79 Å². The van der Waals surface area contributed by atoms with Crippen molar-refractivity contribution in [2.45, 2.75) is 19.9 Å². The molecule has 1 aliphatic rings. The Hall–Kier alpha value is -1.67. The van der Waals surface area contributed by atoms with Crippen molar-refractivity contribution in [1.82, 2.24) is 9.80 Å². The van der Waals surface area contributed by atoms with Gasteiger partial charge in [0.1, 0.15) is 5.00 Å². The Kier molecular flexibility index (Phi) is 7.29. The van der Waals surface area contributed by atoms with Gasteiger partial charge >= 0.3 is 5.97 Å². The SMILES string of the molecule is CCc1cc(C(=O)OC)c(NC(=S)N2CCN(Cc3ccc(Cl)cc3)CC2)s1. The number of piperazine rings is 1. The van der Waals surface area contributed by atoms with Gasteiger partial charge in [0.25, 0.3) is 0 Å². The Bertz CT molecular complexity index is 830. The molecule has 0 aliphatic carbocycles. The van der Waals surface area contributed by atoms with Crippen LogP contribution in [0.15, 0.2) is 30.3 Å². The molecular weight excluding hydrogens is 414 g/mol. The molecule has 0 atom stereocenters. The Labute approximate surface area is 180 Å². The van der Waals surface area contributed by atoms with E-state index in [2.05, 4.69) is 34.2 Å². The monoisotopic (exact) mass is 437 g/mol. The second-order valence-corrected chi connectivity index (χ2v) is 8.58. The fraction of sp³-hybridized carbons (Fsp3) is 0.400. The number of methoxy groups -OCH3 is 1. The summed E-state index contributed by atoms with van der Waals surface area (Å²) in [5.74, 6) is -0.339. The van der Waals surface area contributed by atoms with Crippen LogP contribution in [-0.4, -0.2) is 54.2 Å². The summed E-state index contributed by atoms with van der Waals surface area (Å²) in [5, 5.41) is 5.44. The normalized spacial score (nSPS) is 14.8. The minimum Gasteiger partial charge on any atom is -0.465 e. The number of nitrogens with zero attached hydrogens (tertiary/aromatic N) is 2. The summed E-state index contributed by atoms with van der Waals surface area (Å²) in [7, 11) is 1.40. The molecule has 0 spiro atoms. The molecule has 1 N–H and O–H groups in total. The third kappa shape index (κ3) is 5.23. The third-order valence-corrected chi connectivity index (χ3v) is 6.54. The highest BCUT2D eigenvalue weighted by atomic mass is 35.5. The molecule has 8 heteroatoms. The fourth-order valence-corrected chi connectivity index (χ4v) is 4.56. The van der Waals surface area contributed by atoms with Crippen molar-refractivity contribution in [3.63, 3.8) is 0 Å². The maximum atomic E-state index is 12.0. The summed E-state index contributed by atoms with van der Waals surface area (Å²) >= 11 is 13.1. The van der Waals surface area contributed by atoms with Crippen molar-refractivity contribution in [3.8, 4) is 0 Å². The van der Waals surface area contributed by atoms with Gasteiger partial charge < -0.3 is 15.0 Å². The fourth-order valence-electron chi connectivity index (χ4n) is 3.10. The zero-order valence-electron chi connectivity index (χ0n) is 16.0. The number of aryl methyl sites for hydroxylation is 1. The minimum atomic E-state index is -0.339. The number of thiophene rings is 1. The van der Waals surface area contributed by atoms with Gasteiger partial charge in [-0.15, -0.1) is 11.3 Å². The molecule has 150 valence electrons. The van der Waals surface area contributed by atoms with Gasteiger partial charge in [-0.05, 0) is 42.4 Å². The second-order valence-electron chi connectivity index (χ2n) is 6.62. The standard InChI is InChI=1S/C20H24ClN3O2S2/c1-3-16-12-17(19(25)26-2)18(28-16)22-20(27)24-10-8-23(9-11-24)13-14-4-6-15(21)7-5-14/h4-7,12H,3,8-11,13H2,1-2H3,(H,22,27). The lowest BCUT2D eigenvalue weighted by Gasteiger charge is -2.36. The number of halogens is 1. The lowest BCUT2D eigenvalue weighted by Crippen LogP contribution is -2.49. The van der Waals surface area contributed by atoms with E-state index in [1.807, 2.05) is 18.2 Å². The van der Waals surface area contributed by atoms with E-state index in [4.69, 9.17) is 28.6 Å².